The average Bonchev–Trinajstić information content (AvgIpc) is 2.90. The fraction of sp³-hybridized carbons (Fsp3) is 0.933. The molecule has 0 radical (unpaired) electrons. The van der Waals surface area contributed by atoms with Crippen LogP contribution in [0, 0.1) is 11.8 Å². The molecule has 1 amide bonds. The molecule has 4 nitrogen and oxygen atoms in total. The smallest absolute Gasteiger partial charge is 0.220 e. The number of hydrogen-bond donors (Lipinski definition) is 2. The maximum atomic E-state index is 11.9. The van der Waals surface area contributed by atoms with Crippen molar-refractivity contribution in [3.8, 4) is 0 Å². The van der Waals surface area contributed by atoms with Gasteiger partial charge in [-0.1, -0.05) is 19.8 Å². The monoisotopic (exact) mass is 270 g/mol. The molecular weight excluding hydrogens is 240 g/mol. The van der Waals surface area contributed by atoms with Crippen molar-refractivity contribution >= 4 is 5.91 Å². The Labute approximate surface area is 117 Å². The zero-order chi connectivity index (χ0) is 14.1. The Morgan fingerprint density at radius 2 is 2.21 bits per heavy atom. The molecule has 0 spiro atoms. The van der Waals surface area contributed by atoms with Gasteiger partial charge in [-0.3, -0.25) is 4.79 Å². The Bertz CT molecular complexity index is 247. The van der Waals surface area contributed by atoms with E-state index in [2.05, 4.69) is 19.2 Å². The van der Waals surface area contributed by atoms with Crippen LogP contribution >= 0.6 is 0 Å². The van der Waals surface area contributed by atoms with Crippen LogP contribution in [0.4, 0.5) is 0 Å². The molecule has 0 aliphatic carbocycles. The minimum absolute atomic E-state index is 0.178. The first kappa shape index (κ1) is 16.4. The SMILES string of the molecule is CCCC(CCN)CCC(=O)NC(C)C1CCOC1. The second kappa shape index (κ2) is 9.32. The minimum Gasteiger partial charge on any atom is -0.381 e. The molecule has 1 saturated heterocycles. The summed E-state index contributed by atoms with van der Waals surface area (Å²) in [5, 5.41) is 3.11. The van der Waals surface area contributed by atoms with Crippen molar-refractivity contribution < 1.29 is 9.53 Å². The van der Waals surface area contributed by atoms with Crippen molar-refractivity contribution in [2.24, 2.45) is 17.6 Å². The topological polar surface area (TPSA) is 64.4 Å². The fourth-order valence-corrected chi connectivity index (χ4v) is 2.80. The lowest BCUT2D eigenvalue weighted by Crippen LogP contribution is -2.38. The normalized spacial score (nSPS) is 22.2. The summed E-state index contributed by atoms with van der Waals surface area (Å²) < 4.78 is 5.36. The third-order valence-electron chi connectivity index (χ3n) is 4.11. The van der Waals surface area contributed by atoms with Gasteiger partial charge in [0.05, 0.1) is 6.61 Å². The molecule has 1 rings (SSSR count). The van der Waals surface area contributed by atoms with Crippen LogP contribution in [0.1, 0.15) is 52.4 Å². The van der Waals surface area contributed by atoms with Gasteiger partial charge in [-0.2, -0.15) is 0 Å². The molecule has 0 bridgehead atoms. The van der Waals surface area contributed by atoms with Gasteiger partial charge in [0, 0.05) is 25.0 Å². The first-order valence-corrected chi connectivity index (χ1v) is 7.74. The Hall–Kier alpha value is -0.610. The summed E-state index contributed by atoms with van der Waals surface area (Å²) in [6.07, 6.45) is 6.03. The summed E-state index contributed by atoms with van der Waals surface area (Å²) in [6, 6.07) is 0.231. The van der Waals surface area contributed by atoms with Crippen LogP contribution in [0.25, 0.3) is 0 Å². The van der Waals surface area contributed by atoms with Gasteiger partial charge in [0.25, 0.3) is 0 Å². The molecule has 0 saturated carbocycles. The predicted molar refractivity (Wildman–Crippen MR) is 77.8 cm³/mol. The highest BCUT2D eigenvalue weighted by molar-refractivity contribution is 5.76. The number of nitrogens with two attached hydrogens (primary N) is 1. The van der Waals surface area contributed by atoms with Crippen molar-refractivity contribution in [3.05, 3.63) is 0 Å². The minimum atomic E-state index is 0.178. The predicted octanol–water partition coefficient (Wildman–Crippen LogP) is 2.07. The Kier molecular flexibility index (Phi) is 8.07. The zero-order valence-electron chi connectivity index (χ0n) is 12.5. The summed E-state index contributed by atoms with van der Waals surface area (Å²) in [5.74, 6) is 1.27. The maximum Gasteiger partial charge on any atom is 0.220 e. The number of carbonyl (C=O) groups excluding carboxylic acids is 1. The van der Waals surface area contributed by atoms with E-state index in [4.69, 9.17) is 10.5 Å². The van der Waals surface area contributed by atoms with Gasteiger partial charge in [0.15, 0.2) is 0 Å². The molecule has 4 heteroatoms. The Morgan fingerprint density at radius 1 is 1.42 bits per heavy atom. The molecule has 19 heavy (non-hydrogen) atoms. The fourth-order valence-electron chi connectivity index (χ4n) is 2.80. The lowest BCUT2D eigenvalue weighted by atomic mass is 9.94. The summed E-state index contributed by atoms with van der Waals surface area (Å²) >= 11 is 0. The molecule has 3 unspecified atom stereocenters. The lowest BCUT2D eigenvalue weighted by molar-refractivity contribution is -0.122. The number of hydrogen-bond acceptors (Lipinski definition) is 3. The maximum absolute atomic E-state index is 11.9. The highest BCUT2D eigenvalue weighted by Crippen LogP contribution is 2.18. The van der Waals surface area contributed by atoms with Crippen LogP contribution in [0.2, 0.25) is 0 Å². The first-order chi connectivity index (χ1) is 9.17. The molecular formula is C15H30N2O2. The molecule has 1 aliphatic rings. The third-order valence-corrected chi connectivity index (χ3v) is 4.11. The number of rotatable bonds is 9. The standard InChI is InChI=1S/C15H30N2O2/c1-3-4-13(7-9-16)5-6-15(18)17-12(2)14-8-10-19-11-14/h12-14H,3-11,16H2,1-2H3,(H,17,18). The molecule has 0 aromatic rings. The average molecular weight is 270 g/mol. The van der Waals surface area contributed by atoms with E-state index in [1.165, 1.54) is 12.8 Å². The van der Waals surface area contributed by atoms with Gasteiger partial charge < -0.3 is 15.8 Å². The van der Waals surface area contributed by atoms with E-state index >= 15 is 0 Å². The van der Waals surface area contributed by atoms with E-state index in [0.29, 0.717) is 18.3 Å². The second-order valence-corrected chi connectivity index (χ2v) is 5.75. The van der Waals surface area contributed by atoms with E-state index in [0.717, 1.165) is 39.0 Å². The van der Waals surface area contributed by atoms with Crippen molar-refractivity contribution in [2.45, 2.75) is 58.4 Å². The van der Waals surface area contributed by atoms with Gasteiger partial charge in [-0.15, -0.1) is 0 Å². The van der Waals surface area contributed by atoms with Crippen molar-refractivity contribution in [3.63, 3.8) is 0 Å². The molecule has 1 heterocycles. The van der Waals surface area contributed by atoms with Gasteiger partial charge in [-0.25, -0.2) is 0 Å². The largest absolute Gasteiger partial charge is 0.381 e. The lowest BCUT2D eigenvalue weighted by Gasteiger charge is -2.20. The molecule has 112 valence electrons. The van der Waals surface area contributed by atoms with E-state index in [1.54, 1.807) is 0 Å². The van der Waals surface area contributed by atoms with E-state index in [9.17, 15) is 4.79 Å². The molecule has 1 fully saturated rings. The van der Waals surface area contributed by atoms with Gasteiger partial charge in [0.1, 0.15) is 0 Å². The molecule has 0 aromatic heterocycles. The molecule has 3 atom stereocenters. The summed E-state index contributed by atoms with van der Waals surface area (Å²) in [5.41, 5.74) is 5.62. The van der Waals surface area contributed by atoms with Crippen molar-refractivity contribution in [1.29, 1.82) is 0 Å². The Balaban J connectivity index is 2.21. The number of amides is 1. The summed E-state index contributed by atoms with van der Waals surface area (Å²) in [7, 11) is 0. The van der Waals surface area contributed by atoms with Crippen LogP contribution in [-0.2, 0) is 9.53 Å². The quantitative estimate of drug-likeness (QED) is 0.674. The van der Waals surface area contributed by atoms with Crippen LogP contribution in [0.15, 0.2) is 0 Å². The zero-order valence-corrected chi connectivity index (χ0v) is 12.5. The molecule has 0 aromatic carbocycles. The van der Waals surface area contributed by atoms with Crippen molar-refractivity contribution in [2.75, 3.05) is 19.8 Å². The van der Waals surface area contributed by atoms with Crippen LogP contribution < -0.4 is 11.1 Å². The highest BCUT2D eigenvalue weighted by Gasteiger charge is 2.23. The first-order valence-electron chi connectivity index (χ1n) is 7.74. The van der Waals surface area contributed by atoms with Crippen molar-refractivity contribution in [1.82, 2.24) is 5.32 Å². The van der Waals surface area contributed by atoms with E-state index < -0.39 is 0 Å². The second-order valence-electron chi connectivity index (χ2n) is 5.75. The van der Waals surface area contributed by atoms with Gasteiger partial charge in [-0.05, 0) is 38.6 Å². The number of ether oxygens (including phenoxy) is 1. The molecule has 1 aliphatic heterocycles. The van der Waals surface area contributed by atoms with Gasteiger partial charge >= 0.3 is 0 Å². The van der Waals surface area contributed by atoms with E-state index in [-0.39, 0.29) is 11.9 Å². The van der Waals surface area contributed by atoms with Crippen LogP contribution in [-0.4, -0.2) is 31.7 Å². The number of nitrogens with one attached hydrogen (secondary N) is 1. The molecule has 3 N–H and O–H groups in total. The van der Waals surface area contributed by atoms with Crippen LogP contribution in [0.5, 0.6) is 0 Å². The number of carbonyl (C=O) groups is 1. The van der Waals surface area contributed by atoms with Crippen LogP contribution in [0.3, 0.4) is 0 Å². The highest BCUT2D eigenvalue weighted by atomic mass is 16.5. The van der Waals surface area contributed by atoms with Gasteiger partial charge in [0.2, 0.25) is 5.91 Å². The summed E-state index contributed by atoms with van der Waals surface area (Å²) in [6.45, 7) is 6.61. The third kappa shape index (κ3) is 6.39. The van der Waals surface area contributed by atoms with E-state index in [1.807, 2.05) is 0 Å². The summed E-state index contributed by atoms with van der Waals surface area (Å²) in [4.78, 5) is 11.9. The Morgan fingerprint density at radius 3 is 2.79 bits per heavy atom.